The Labute approximate surface area is 183 Å². The van der Waals surface area contributed by atoms with Gasteiger partial charge in [0.25, 0.3) is 0 Å². The van der Waals surface area contributed by atoms with Crippen LogP contribution in [0.1, 0.15) is 21.7 Å². The molecule has 3 aromatic rings. The van der Waals surface area contributed by atoms with Crippen LogP contribution in [0.25, 0.3) is 17.4 Å². The molecule has 0 aliphatic carbocycles. The Kier molecular flexibility index (Phi) is 6.66. The van der Waals surface area contributed by atoms with E-state index in [1.807, 2.05) is 12.1 Å². The summed E-state index contributed by atoms with van der Waals surface area (Å²) in [6, 6.07) is 15.5. The second-order valence-electron chi connectivity index (χ2n) is 6.27. The van der Waals surface area contributed by atoms with Gasteiger partial charge >= 0.3 is 5.97 Å². The molecular formula is C22H17ClN2O4S. The van der Waals surface area contributed by atoms with Crippen LogP contribution in [0.5, 0.6) is 0 Å². The normalized spacial score (nSPS) is 10.7. The summed E-state index contributed by atoms with van der Waals surface area (Å²) in [6.07, 6.45) is 2.81. The number of carbonyl (C=O) groups is 2. The van der Waals surface area contributed by atoms with Gasteiger partial charge in [-0.1, -0.05) is 17.7 Å². The molecule has 0 spiro atoms. The molecule has 1 aromatic heterocycles. The molecule has 0 radical (unpaired) electrons. The van der Waals surface area contributed by atoms with Crippen molar-refractivity contribution in [2.45, 2.75) is 6.92 Å². The number of carbonyl (C=O) groups excluding carboxylic acids is 1. The summed E-state index contributed by atoms with van der Waals surface area (Å²) in [5.74, 6) is -0.342. The van der Waals surface area contributed by atoms with Gasteiger partial charge in [0.15, 0.2) is 5.11 Å². The average Bonchev–Trinajstić information content (AvgIpc) is 3.17. The number of hydrogen-bond acceptors (Lipinski definition) is 4. The van der Waals surface area contributed by atoms with Crippen LogP contribution in [-0.4, -0.2) is 22.1 Å². The molecule has 2 aromatic carbocycles. The van der Waals surface area contributed by atoms with E-state index in [-0.39, 0.29) is 10.7 Å². The molecule has 152 valence electrons. The molecule has 3 N–H and O–H groups in total. The summed E-state index contributed by atoms with van der Waals surface area (Å²) in [5, 5.41) is 15.2. The summed E-state index contributed by atoms with van der Waals surface area (Å²) in [5.41, 5.74) is 2.04. The van der Waals surface area contributed by atoms with Crippen LogP contribution in [-0.2, 0) is 4.79 Å². The molecule has 30 heavy (non-hydrogen) atoms. The number of aromatic carboxylic acids is 1. The maximum atomic E-state index is 12.1. The predicted molar refractivity (Wildman–Crippen MR) is 121 cm³/mol. The first-order valence-electron chi connectivity index (χ1n) is 8.82. The molecule has 0 saturated heterocycles. The zero-order valence-corrected chi connectivity index (χ0v) is 17.4. The minimum atomic E-state index is -1.04. The molecule has 8 heteroatoms. The van der Waals surface area contributed by atoms with Gasteiger partial charge in [-0.05, 0) is 79.3 Å². The second-order valence-corrected chi connectivity index (χ2v) is 7.11. The first-order valence-corrected chi connectivity index (χ1v) is 9.61. The van der Waals surface area contributed by atoms with Crippen LogP contribution in [0, 0.1) is 6.92 Å². The van der Waals surface area contributed by atoms with Gasteiger partial charge in [-0.2, -0.15) is 0 Å². The van der Waals surface area contributed by atoms with Gasteiger partial charge in [-0.3, -0.25) is 10.1 Å². The van der Waals surface area contributed by atoms with E-state index in [4.69, 9.17) is 28.2 Å². The number of carboxylic acids is 1. The number of hydrogen-bond donors (Lipinski definition) is 3. The van der Waals surface area contributed by atoms with Crippen molar-refractivity contribution >= 4 is 52.6 Å². The minimum absolute atomic E-state index is 0.0524. The van der Waals surface area contributed by atoms with Gasteiger partial charge in [0.1, 0.15) is 11.5 Å². The van der Waals surface area contributed by atoms with Crippen molar-refractivity contribution < 1.29 is 19.1 Å². The van der Waals surface area contributed by atoms with Crippen LogP contribution in [0.2, 0.25) is 5.02 Å². The zero-order chi connectivity index (χ0) is 21.7. The quantitative estimate of drug-likeness (QED) is 0.376. The molecule has 0 atom stereocenters. The molecule has 3 rings (SSSR count). The predicted octanol–water partition coefficient (Wildman–Crippen LogP) is 5.13. The maximum absolute atomic E-state index is 12.1. The fraction of sp³-hybridized carbons (Fsp3) is 0.0455. The fourth-order valence-electron chi connectivity index (χ4n) is 2.68. The Bertz CT molecular complexity index is 1140. The largest absolute Gasteiger partial charge is 0.478 e. The van der Waals surface area contributed by atoms with Gasteiger partial charge in [-0.25, -0.2) is 4.79 Å². The van der Waals surface area contributed by atoms with E-state index in [9.17, 15) is 14.7 Å². The van der Waals surface area contributed by atoms with Crippen molar-refractivity contribution in [3.8, 4) is 11.3 Å². The number of nitrogens with one attached hydrogen (secondary N) is 2. The van der Waals surface area contributed by atoms with E-state index >= 15 is 0 Å². The summed E-state index contributed by atoms with van der Waals surface area (Å²) >= 11 is 11.0. The molecule has 6 nitrogen and oxygen atoms in total. The highest BCUT2D eigenvalue weighted by Crippen LogP contribution is 2.24. The number of anilines is 1. The Balaban J connectivity index is 1.60. The van der Waals surface area contributed by atoms with Crippen LogP contribution in [0.3, 0.4) is 0 Å². The monoisotopic (exact) mass is 440 g/mol. The zero-order valence-electron chi connectivity index (χ0n) is 15.8. The van der Waals surface area contributed by atoms with Gasteiger partial charge in [0.05, 0.1) is 5.56 Å². The molecule has 0 bridgehead atoms. The van der Waals surface area contributed by atoms with E-state index < -0.39 is 11.9 Å². The Morgan fingerprint density at radius 3 is 2.53 bits per heavy atom. The molecule has 0 aliphatic heterocycles. The lowest BCUT2D eigenvalue weighted by atomic mass is 10.1. The highest BCUT2D eigenvalue weighted by Gasteiger charge is 2.11. The summed E-state index contributed by atoms with van der Waals surface area (Å²) in [4.78, 5) is 23.3. The summed E-state index contributed by atoms with van der Waals surface area (Å²) in [7, 11) is 0. The number of halogens is 1. The maximum Gasteiger partial charge on any atom is 0.336 e. The smallest absolute Gasteiger partial charge is 0.336 e. The molecule has 1 amide bonds. The van der Waals surface area contributed by atoms with Gasteiger partial charge in [-0.15, -0.1) is 0 Å². The number of carboxylic acid groups (broad SMARTS) is 1. The average molecular weight is 441 g/mol. The number of benzene rings is 2. The Hall–Kier alpha value is -3.42. The highest BCUT2D eigenvalue weighted by atomic mass is 35.5. The van der Waals surface area contributed by atoms with Crippen molar-refractivity contribution in [3.63, 3.8) is 0 Å². The third-order valence-corrected chi connectivity index (χ3v) is 4.66. The van der Waals surface area contributed by atoms with Crippen LogP contribution >= 0.6 is 23.8 Å². The van der Waals surface area contributed by atoms with Crippen LogP contribution in [0.4, 0.5) is 5.69 Å². The molecule has 0 saturated carbocycles. The van der Waals surface area contributed by atoms with Crippen molar-refractivity contribution in [1.82, 2.24) is 5.32 Å². The van der Waals surface area contributed by atoms with Crippen LogP contribution in [0.15, 0.2) is 65.1 Å². The topological polar surface area (TPSA) is 91.6 Å². The lowest BCUT2D eigenvalue weighted by molar-refractivity contribution is -0.115. The van der Waals surface area contributed by atoms with E-state index in [0.717, 1.165) is 5.56 Å². The number of amides is 1. The lowest BCUT2D eigenvalue weighted by Crippen LogP contribution is -2.33. The third-order valence-electron chi connectivity index (χ3n) is 4.20. The first kappa shape index (κ1) is 21.3. The molecule has 1 heterocycles. The number of thiocarbonyl (C=S) groups is 1. The molecule has 0 aliphatic rings. The van der Waals surface area contributed by atoms with E-state index in [1.165, 1.54) is 18.2 Å². The summed E-state index contributed by atoms with van der Waals surface area (Å²) in [6.45, 7) is 1.66. The second kappa shape index (κ2) is 9.39. The molecular weight excluding hydrogens is 424 g/mol. The third kappa shape index (κ3) is 5.34. The van der Waals surface area contributed by atoms with Crippen molar-refractivity contribution in [3.05, 3.63) is 82.6 Å². The highest BCUT2D eigenvalue weighted by molar-refractivity contribution is 7.80. The van der Waals surface area contributed by atoms with E-state index in [0.29, 0.717) is 27.8 Å². The van der Waals surface area contributed by atoms with Crippen molar-refractivity contribution in [2.24, 2.45) is 0 Å². The SMILES string of the molecule is Cc1c(NC(=S)NC(=O)/C=C/c2ccc(-c3ccc(Cl)cc3)o2)cccc1C(=O)O. The van der Waals surface area contributed by atoms with Gasteiger partial charge in [0.2, 0.25) is 5.91 Å². The van der Waals surface area contributed by atoms with Gasteiger partial charge in [0, 0.05) is 22.3 Å². The van der Waals surface area contributed by atoms with Crippen molar-refractivity contribution in [2.75, 3.05) is 5.32 Å². The van der Waals surface area contributed by atoms with Gasteiger partial charge < -0.3 is 14.8 Å². The van der Waals surface area contributed by atoms with Crippen LogP contribution < -0.4 is 10.6 Å². The molecule has 0 fully saturated rings. The Morgan fingerprint density at radius 1 is 1.10 bits per heavy atom. The fourth-order valence-corrected chi connectivity index (χ4v) is 3.02. The minimum Gasteiger partial charge on any atom is -0.478 e. The Morgan fingerprint density at radius 2 is 1.83 bits per heavy atom. The van der Waals surface area contributed by atoms with E-state index in [2.05, 4.69) is 10.6 Å². The number of furan rings is 1. The standard InChI is InChI=1S/C22H17ClN2O4S/c1-13-17(21(27)28)3-2-4-18(13)24-22(30)25-20(26)12-10-16-9-11-19(29-16)14-5-7-15(23)8-6-14/h2-12H,1H3,(H,27,28)(H2,24,25,26,30)/b12-10+. The van der Waals surface area contributed by atoms with E-state index in [1.54, 1.807) is 43.3 Å². The summed E-state index contributed by atoms with van der Waals surface area (Å²) < 4.78 is 5.70. The molecule has 0 unspecified atom stereocenters. The first-order chi connectivity index (χ1) is 14.3. The van der Waals surface area contributed by atoms with Crippen molar-refractivity contribution in [1.29, 1.82) is 0 Å². The lowest BCUT2D eigenvalue weighted by Gasteiger charge is -2.12. The number of rotatable bonds is 5.